The van der Waals surface area contributed by atoms with Crippen LogP contribution >= 0.6 is 0 Å². The van der Waals surface area contributed by atoms with E-state index < -0.39 is 41.7 Å². The maximum absolute atomic E-state index is 13.3. The van der Waals surface area contributed by atoms with Gasteiger partial charge < -0.3 is 10.2 Å². The number of halogens is 3. The van der Waals surface area contributed by atoms with Crippen molar-refractivity contribution in [2.45, 2.75) is 37.0 Å². The first kappa shape index (κ1) is 13.7. The summed E-state index contributed by atoms with van der Waals surface area (Å²) in [6.07, 6.45) is -1.83. The highest BCUT2D eigenvalue weighted by Gasteiger charge is 2.50. The Bertz CT molecular complexity index is 504. The summed E-state index contributed by atoms with van der Waals surface area (Å²) < 4.78 is 39.7. The molecule has 0 amide bonds. The van der Waals surface area contributed by atoms with Crippen LogP contribution in [0.15, 0.2) is 18.2 Å². The van der Waals surface area contributed by atoms with Gasteiger partial charge in [0, 0.05) is 18.4 Å². The highest BCUT2D eigenvalue weighted by Crippen LogP contribution is 2.48. The fourth-order valence-electron chi connectivity index (χ4n) is 2.54. The van der Waals surface area contributed by atoms with Gasteiger partial charge in [0.1, 0.15) is 0 Å². The van der Waals surface area contributed by atoms with Crippen LogP contribution in [0.4, 0.5) is 13.2 Å². The number of aliphatic carboxylic acids is 1. The smallest absolute Gasteiger partial charge is 0.314 e. The maximum Gasteiger partial charge on any atom is 0.314 e. The number of phenolic OH excluding ortho intramolecular Hbond substituents is 1. The van der Waals surface area contributed by atoms with Gasteiger partial charge in [-0.05, 0) is 18.9 Å². The number of carbonyl (C=O) groups is 1. The fourth-order valence-corrected chi connectivity index (χ4v) is 2.54. The second-order valence-corrected chi connectivity index (χ2v) is 4.88. The normalized spacial score (nSPS) is 21.0. The molecule has 19 heavy (non-hydrogen) atoms. The molecule has 1 aliphatic carbocycles. The second kappa shape index (κ2) is 4.43. The summed E-state index contributed by atoms with van der Waals surface area (Å²) in [6, 6.07) is 3.53. The van der Waals surface area contributed by atoms with Gasteiger partial charge in [-0.3, -0.25) is 4.79 Å². The molecule has 0 radical (unpaired) electrons. The van der Waals surface area contributed by atoms with E-state index in [2.05, 4.69) is 0 Å². The molecule has 0 atom stereocenters. The molecule has 0 unspecified atom stereocenters. The SMILES string of the molecule is O=C(O)C1(c2cccc(F)c2O)CCC(F)(F)CC1. The van der Waals surface area contributed by atoms with Crippen molar-refractivity contribution in [1.29, 1.82) is 0 Å². The summed E-state index contributed by atoms with van der Waals surface area (Å²) in [5.41, 5.74) is -1.77. The predicted octanol–water partition coefficient (Wildman–Crippen LogP) is 3.06. The van der Waals surface area contributed by atoms with E-state index in [1.807, 2.05) is 0 Å². The molecule has 0 aliphatic heterocycles. The van der Waals surface area contributed by atoms with E-state index in [9.17, 15) is 28.2 Å². The molecule has 1 aliphatic rings. The third-order valence-corrected chi connectivity index (χ3v) is 3.75. The Morgan fingerprint density at radius 3 is 2.26 bits per heavy atom. The van der Waals surface area contributed by atoms with E-state index >= 15 is 0 Å². The van der Waals surface area contributed by atoms with Crippen LogP contribution < -0.4 is 0 Å². The van der Waals surface area contributed by atoms with Crippen molar-refractivity contribution in [2.75, 3.05) is 0 Å². The molecule has 1 aromatic rings. The third kappa shape index (κ3) is 2.27. The van der Waals surface area contributed by atoms with E-state index in [-0.39, 0.29) is 18.4 Å². The Balaban J connectivity index is 2.47. The number of hydrogen-bond acceptors (Lipinski definition) is 2. The number of hydrogen-bond donors (Lipinski definition) is 2. The molecule has 1 saturated carbocycles. The third-order valence-electron chi connectivity index (χ3n) is 3.75. The Labute approximate surface area is 107 Å². The lowest BCUT2D eigenvalue weighted by Gasteiger charge is -2.37. The van der Waals surface area contributed by atoms with Gasteiger partial charge in [-0.25, -0.2) is 13.2 Å². The molecule has 1 aromatic carbocycles. The van der Waals surface area contributed by atoms with Crippen LogP contribution in [0, 0.1) is 5.82 Å². The molecule has 0 aromatic heterocycles. The Kier molecular flexibility index (Phi) is 3.20. The van der Waals surface area contributed by atoms with Gasteiger partial charge in [-0.2, -0.15) is 0 Å². The molecule has 1 fully saturated rings. The van der Waals surface area contributed by atoms with Gasteiger partial charge in [0.25, 0.3) is 0 Å². The Morgan fingerprint density at radius 2 is 1.74 bits per heavy atom. The first-order chi connectivity index (χ1) is 8.78. The van der Waals surface area contributed by atoms with E-state index in [0.717, 1.165) is 6.07 Å². The van der Waals surface area contributed by atoms with Gasteiger partial charge >= 0.3 is 5.97 Å². The zero-order valence-electron chi connectivity index (χ0n) is 10.00. The molecule has 2 rings (SSSR count). The lowest BCUT2D eigenvalue weighted by Crippen LogP contribution is -2.42. The van der Waals surface area contributed by atoms with Crippen LogP contribution in [0.2, 0.25) is 0 Å². The number of benzene rings is 1. The number of carboxylic acid groups (broad SMARTS) is 1. The van der Waals surface area contributed by atoms with Gasteiger partial charge in [0.15, 0.2) is 11.6 Å². The average Bonchev–Trinajstić information content (AvgIpc) is 2.33. The molecule has 2 N–H and O–H groups in total. The lowest BCUT2D eigenvalue weighted by atomic mass is 9.68. The standard InChI is InChI=1S/C13H13F3O3/c14-9-3-1-2-8(10(9)17)12(11(18)19)4-6-13(15,16)7-5-12/h1-3,17H,4-7H2,(H,18,19). The number of phenols is 1. The molecule has 0 bridgehead atoms. The quantitative estimate of drug-likeness (QED) is 0.871. The Morgan fingerprint density at radius 1 is 1.16 bits per heavy atom. The summed E-state index contributed by atoms with van der Waals surface area (Å²) in [5.74, 6) is -5.93. The first-order valence-electron chi connectivity index (χ1n) is 5.88. The van der Waals surface area contributed by atoms with Crippen molar-refractivity contribution in [3.8, 4) is 5.75 Å². The van der Waals surface area contributed by atoms with Crippen molar-refractivity contribution >= 4 is 5.97 Å². The molecule has 0 heterocycles. The highest BCUT2D eigenvalue weighted by molar-refractivity contribution is 5.82. The van der Waals surface area contributed by atoms with Gasteiger partial charge in [0.05, 0.1) is 5.41 Å². The van der Waals surface area contributed by atoms with Crippen LogP contribution in [0.3, 0.4) is 0 Å². The monoisotopic (exact) mass is 274 g/mol. The van der Waals surface area contributed by atoms with Crippen molar-refractivity contribution < 1.29 is 28.2 Å². The Hall–Kier alpha value is -1.72. The fraction of sp³-hybridized carbons (Fsp3) is 0.462. The van der Waals surface area contributed by atoms with Gasteiger partial charge in [-0.1, -0.05) is 12.1 Å². The summed E-state index contributed by atoms with van der Waals surface area (Å²) in [7, 11) is 0. The average molecular weight is 274 g/mol. The van der Waals surface area contributed by atoms with E-state index in [0.29, 0.717) is 0 Å². The van der Waals surface area contributed by atoms with Crippen LogP contribution in [0.5, 0.6) is 5.75 Å². The summed E-state index contributed by atoms with van der Waals surface area (Å²) in [4.78, 5) is 11.5. The number of carboxylic acids is 1. The first-order valence-corrected chi connectivity index (χ1v) is 5.88. The summed E-state index contributed by atoms with van der Waals surface area (Å²) >= 11 is 0. The highest BCUT2D eigenvalue weighted by atomic mass is 19.3. The molecular formula is C13H13F3O3. The van der Waals surface area contributed by atoms with Gasteiger partial charge in [-0.15, -0.1) is 0 Å². The molecule has 3 nitrogen and oxygen atoms in total. The summed E-state index contributed by atoms with van der Waals surface area (Å²) in [5, 5.41) is 19.0. The molecular weight excluding hydrogens is 261 g/mol. The van der Waals surface area contributed by atoms with Gasteiger partial charge in [0.2, 0.25) is 5.92 Å². The topological polar surface area (TPSA) is 57.5 Å². The largest absolute Gasteiger partial charge is 0.505 e. The van der Waals surface area contributed by atoms with Crippen molar-refractivity contribution in [2.24, 2.45) is 0 Å². The predicted molar refractivity (Wildman–Crippen MR) is 60.8 cm³/mol. The molecule has 6 heteroatoms. The van der Waals surface area contributed by atoms with Crippen LogP contribution in [0.25, 0.3) is 0 Å². The van der Waals surface area contributed by atoms with E-state index in [4.69, 9.17) is 0 Å². The minimum absolute atomic E-state index is 0.129. The van der Waals surface area contributed by atoms with Crippen LogP contribution in [0.1, 0.15) is 31.2 Å². The molecule has 0 saturated heterocycles. The van der Waals surface area contributed by atoms with E-state index in [1.54, 1.807) is 0 Å². The van der Waals surface area contributed by atoms with Crippen LogP contribution in [-0.4, -0.2) is 22.1 Å². The molecule has 104 valence electrons. The number of rotatable bonds is 2. The van der Waals surface area contributed by atoms with Crippen molar-refractivity contribution in [3.05, 3.63) is 29.6 Å². The van der Waals surface area contributed by atoms with E-state index in [1.165, 1.54) is 12.1 Å². The number of para-hydroxylation sites is 1. The second-order valence-electron chi connectivity index (χ2n) is 4.88. The number of aromatic hydroxyl groups is 1. The minimum Gasteiger partial charge on any atom is -0.505 e. The lowest BCUT2D eigenvalue weighted by molar-refractivity contribution is -0.149. The zero-order valence-corrected chi connectivity index (χ0v) is 10.00. The summed E-state index contributed by atoms with van der Waals surface area (Å²) in [6.45, 7) is 0. The van der Waals surface area contributed by atoms with Crippen molar-refractivity contribution in [1.82, 2.24) is 0 Å². The number of alkyl halides is 2. The molecule has 0 spiro atoms. The minimum atomic E-state index is -2.90. The van der Waals surface area contributed by atoms with Crippen LogP contribution in [-0.2, 0) is 10.2 Å². The van der Waals surface area contributed by atoms with Crippen molar-refractivity contribution in [3.63, 3.8) is 0 Å². The maximum atomic E-state index is 13.3. The zero-order chi connectivity index (χ0) is 14.3.